The number of carboxylic acids is 1. The van der Waals surface area contributed by atoms with Crippen LogP contribution in [0.1, 0.15) is 43.3 Å². The summed E-state index contributed by atoms with van der Waals surface area (Å²) in [5.41, 5.74) is 0. The molecule has 1 aromatic heterocycles. The highest BCUT2D eigenvalue weighted by Crippen LogP contribution is 2.38. The number of nitrogens with zero attached hydrogens (tertiary/aromatic N) is 4. The van der Waals surface area contributed by atoms with E-state index >= 15 is 0 Å². The molecule has 1 saturated carbocycles. The van der Waals surface area contributed by atoms with Gasteiger partial charge in [0.2, 0.25) is 11.8 Å². The van der Waals surface area contributed by atoms with Crippen molar-refractivity contribution in [3.8, 4) is 0 Å². The first-order chi connectivity index (χ1) is 7.69. The van der Waals surface area contributed by atoms with Gasteiger partial charge in [0.15, 0.2) is 0 Å². The summed E-state index contributed by atoms with van der Waals surface area (Å²) in [4.78, 5) is 13.1. The summed E-state index contributed by atoms with van der Waals surface area (Å²) in [7, 11) is 0. The molecule has 0 radical (unpaired) electrons. The maximum atomic E-state index is 11.0. The van der Waals surface area contributed by atoms with Gasteiger partial charge in [0.05, 0.1) is 0 Å². The van der Waals surface area contributed by atoms with Crippen molar-refractivity contribution in [3.63, 3.8) is 0 Å². The third-order valence-corrected chi connectivity index (χ3v) is 2.83. The molecular formula is C10H16N4O2. The molecule has 16 heavy (non-hydrogen) atoms. The van der Waals surface area contributed by atoms with Gasteiger partial charge in [-0.05, 0) is 26.7 Å². The highest BCUT2D eigenvalue weighted by Gasteiger charge is 2.33. The Labute approximate surface area is 93.9 Å². The summed E-state index contributed by atoms with van der Waals surface area (Å²) in [6, 6.07) is 0.275. The van der Waals surface area contributed by atoms with E-state index in [0.29, 0.717) is 5.95 Å². The minimum Gasteiger partial charge on any atom is -0.475 e. The first kappa shape index (κ1) is 10.9. The minimum atomic E-state index is -1.00. The van der Waals surface area contributed by atoms with Gasteiger partial charge in [0.1, 0.15) is 0 Å². The van der Waals surface area contributed by atoms with Gasteiger partial charge < -0.3 is 10.0 Å². The summed E-state index contributed by atoms with van der Waals surface area (Å²) < 4.78 is 1.76. The monoisotopic (exact) mass is 224 g/mol. The molecule has 0 bridgehead atoms. The number of anilines is 1. The van der Waals surface area contributed by atoms with Gasteiger partial charge in [-0.1, -0.05) is 0 Å². The van der Waals surface area contributed by atoms with Gasteiger partial charge in [0, 0.05) is 19.1 Å². The summed E-state index contributed by atoms with van der Waals surface area (Å²) in [5, 5.41) is 16.8. The number of carbonyl (C=O) groups is 1. The van der Waals surface area contributed by atoms with Crippen molar-refractivity contribution in [2.75, 3.05) is 18.0 Å². The predicted molar refractivity (Wildman–Crippen MR) is 58.8 cm³/mol. The lowest BCUT2D eigenvalue weighted by atomic mass is 10.5. The Morgan fingerprint density at radius 1 is 1.44 bits per heavy atom. The molecule has 1 aliphatic rings. The molecule has 0 atom stereocenters. The first-order valence-corrected chi connectivity index (χ1v) is 5.62. The summed E-state index contributed by atoms with van der Waals surface area (Å²) in [5.74, 6) is -0.257. The van der Waals surface area contributed by atoms with Crippen molar-refractivity contribution in [1.82, 2.24) is 14.8 Å². The second-order valence-corrected chi connectivity index (χ2v) is 3.90. The molecule has 0 amide bonds. The molecule has 1 aliphatic carbocycles. The first-order valence-electron chi connectivity index (χ1n) is 5.62. The van der Waals surface area contributed by atoms with E-state index in [9.17, 15) is 4.79 Å². The van der Waals surface area contributed by atoms with Crippen LogP contribution in [0.3, 0.4) is 0 Å². The van der Waals surface area contributed by atoms with Crippen LogP contribution >= 0.6 is 0 Å². The SMILES string of the molecule is CCN(CC)c1nnc(C(=O)O)n1C1CC1. The van der Waals surface area contributed by atoms with E-state index in [1.54, 1.807) is 4.57 Å². The maximum absolute atomic E-state index is 11.0. The van der Waals surface area contributed by atoms with Gasteiger partial charge >= 0.3 is 5.97 Å². The van der Waals surface area contributed by atoms with Crippen LogP contribution in [0.25, 0.3) is 0 Å². The van der Waals surface area contributed by atoms with Crippen LogP contribution < -0.4 is 4.90 Å². The van der Waals surface area contributed by atoms with Gasteiger partial charge in [-0.15, -0.1) is 10.2 Å². The topological polar surface area (TPSA) is 71.2 Å². The Morgan fingerprint density at radius 2 is 2.06 bits per heavy atom. The van der Waals surface area contributed by atoms with Gasteiger partial charge in [-0.2, -0.15) is 0 Å². The normalized spacial score (nSPS) is 15.1. The van der Waals surface area contributed by atoms with E-state index in [4.69, 9.17) is 5.11 Å². The van der Waals surface area contributed by atoms with Crippen LogP contribution in [-0.4, -0.2) is 38.9 Å². The minimum absolute atomic E-state index is 0.0596. The number of carboxylic acid groups (broad SMARTS) is 1. The maximum Gasteiger partial charge on any atom is 0.374 e. The average Bonchev–Trinajstić information content (AvgIpc) is 3.01. The highest BCUT2D eigenvalue weighted by molar-refractivity contribution is 5.84. The van der Waals surface area contributed by atoms with Crippen molar-refractivity contribution in [2.45, 2.75) is 32.7 Å². The van der Waals surface area contributed by atoms with E-state index in [1.807, 2.05) is 18.7 Å². The molecule has 1 aromatic rings. The zero-order valence-corrected chi connectivity index (χ0v) is 9.55. The van der Waals surface area contributed by atoms with Crippen molar-refractivity contribution >= 4 is 11.9 Å². The van der Waals surface area contributed by atoms with Crippen LogP contribution in [0, 0.1) is 0 Å². The smallest absolute Gasteiger partial charge is 0.374 e. The molecule has 1 N–H and O–H groups in total. The number of hydrogen-bond acceptors (Lipinski definition) is 4. The van der Waals surface area contributed by atoms with Crippen LogP contribution in [0.2, 0.25) is 0 Å². The second kappa shape index (κ2) is 4.11. The lowest BCUT2D eigenvalue weighted by molar-refractivity contribution is 0.0677. The molecule has 2 rings (SSSR count). The Bertz CT molecular complexity index is 394. The molecule has 6 nitrogen and oxygen atoms in total. The Hall–Kier alpha value is -1.59. The van der Waals surface area contributed by atoms with Gasteiger partial charge in [-0.3, -0.25) is 4.57 Å². The fourth-order valence-corrected chi connectivity index (χ4v) is 1.82. The summed E-state index contributed by atoms with van der Waals surface area (Å²) in [6.45, 7) is 5.66. The molecule has 6 heteroatoms. The second-order valence-electron chi connectivity index (χ2n) is 3.90. The lowest BCUT2D eigenvalue weighted by Crippen LogP contribution is -2.26. The zero-order valence-electron chi connectivity index (χ0n) is 9.55. The molecule has 0 saturated heterocycles. The largest absolute Gasteiger partial charge is 0.475 e. The average molecular weight is 224 g/mol. The number of rotatable bonds is 5. The number of aromatic carboxylic acids is 1. The van der Waals surface area contributed by atoms with Gasteiger partial charge in [-0.25, -0.2) is 4.79 Å². The van der Waals surface area contributed by atoms with E-state index in [-0.39, 0.29) is 11.9 Å². The predicted octanol–water partition coefficient (Wildman–Crippen LogP) is 1.16. The fourth-order valence-electron chi connectivity index (χ4n) is 1.82. The van der Waals surface area contributed by atoms with Gasteiger partial charge in [0.25, 0.3) is 0 Å². The van der Waals surface area contributed by atoms with Crippen molar-refractivity contribution in [2.24, 2.45) is 0 Å². The molecule has 1 fully saturated rings. The molecule has 0 spiro atoms. The van der Waals surface area contributed by atoms with Crippen LogP contribution in [-0.2, 0) is 0 Å². The Morgan fingerprint density at radius 3 is 2.50 bits per heavy atom. The summed E-state index contributed by atoms with van der Waals surface area (Å²) in [6.07, 6.45) is 2.04. The standard InChI is InChI=1S/C10H16N4O2/c1-3-13(4-2)10-12-11-8(9(15)16)14(10)7-5-6-7/h7H,3-6H2,1-2H3,(H,15,16). The molecular weight excluding hydrogens is 208 g/mol. The van der Waals surface area contributed by atoms with E-state index in [0.717, 1.165) is 25.9 Å². The van der Waals surface area contributed by atoms with Crippen LogP contribution in [0.15, 0.2) is 0 Å². The fraction of sp³-hybridized carbons (Fsp3) is 0.700. The van der Waals surface area contributed by atoms with Crippen LogP contribution in [0.4, 0.5) is 5.95 Å². The van der Waals surface area contributed by atoms with E-state index < -0.39 is 5.97 Å². The highest BCUT2D eigenvalue weighted by atomic mass is 16.4. The number of hydrogen-bond donors (Lipinski definition) is 1. The third-order valence-electron chi connectivity index (χ3n) is 2.83. The molecule has 1 heterocycles. The summed E-state index contributed by atoms with van der Waals surface area (Å²) >= 11 is 0. The van der Waals surface area contributed by atoms with E-state index in [1.165, 1.54) is 0 Å². The van der Waals surface area contributed by atoms with E-state index in [2.05, 4.69) is 10.2 Å². The number of aromatic nitrogens is 3. The Balaban J connectivity index is 2.41. The van der Waals surface area contributed by atoms with Crippen molar-refractivity contribution < 1.29 is 9.90 Å². The molecule has 0 aromatic carbocycles. The molecule has 0 unspecified atom stereocenters. The lowest BCUT2D eigenvalue weighted by Gasteiger charge is -2.20. The third kappa shape index (κ3) is 1.75. The quantitative estimate of drug-likeness (QED) is 0.812. The van der Waals surface area contributed by atoms with Crippen molar-refractivity contribution in [1.29, 1.82) is 0 Å². The Kier molecular flexibility index (Phi) is 2.80. The molecule has 0 aliphatic heterocycles. The zero-order chi connectivity index (χ0) is 11.7. The van der Waals surface area contributed by atoms with Crippen LogP contribution in [0.5, 0.6) is 0 Å². The molecule has 88 valence electrons. The van der Waals surface area contributed by atoms with Crippen molar-refractivity contribution in [3.05, 3.63) is 5.82 Å².